The fourth-order valence-corrected chi connectivity index (χ4v) is 9.60. The third-order valence-electron chi connectivity index (χ3n) is 11.4. The first-order chi connectivity index (χ1) is 14.6. The number of hydrogen-bond acceptors (Lipinski definition) is 3. The number of allylic oxidation sites excluding steroid dienone is 2. The second-order valence-electron chi connectivity index (χ2n) is 13.3. The summed E-state index contributed by atoms with van der Waals surface area (Å²) in [5, 5.41) is 21.4. The number of likely N-dealkylation sites (tertiary alicyclic amines) is 1. The Morgan fingerprint density at radius 1 is 1.00 bits per heavy atom. The van der Waals surface area contributed by atoms with Gasteiger partial charge in [-0.3, -0.25) is 0 Å². The standard InChI is InChI=1S/C28H47NO2/c1-17-6-9-25(29(5)16-17)18(2)19-7-8-22-21-13-26(31)23-12-20(30)10-11-28(23,4)24(21)15-27(22,3)14-19/h7-8,17-26,30-31H,6,9-16H2,1-5H3/t17-,18-,19+,20-,21-,22-,23+,24-,25+,26-,27+,28-/m0/s1. The van der Waals surface area contributed by atoms with E-state index >= 15 is 0 Å². The Balaban J connectivity index is 1.36. The number of aliphatic hydroxyl groups excluding tert-OH is 2. The molecule has 0 amide bonds. The minimum atomic E-state index is -0.230. The van der Waals surface area contributed by atoms with Crippen molar-refractivity contribution in [2.24, 2.45) is 52.3 Å². The zero-order chi connectivity index (χ0) is 22.1. The molecule has 3 saturated carbocycles. The number of hydrogen-bond donors (Lipinski definition) is 2. The van der Waals surface area contributed by atoms with Gasteiger partial charge in [0.05, 0.1) is 12.2 Å². The van der Waals surface area contributed by atoms with Gasteiger partial charge in [-0.25, -0.2) is 0 Å². The molecule has 12 atom stereocenters. The van der Waals surface area contributed by atoms with E-state index in [2.05, 4.69) is 51.8 Å². The number of aliphatic hydroxyl groups is 2. The maximum Gasteiger partial charge on any atom is 0.0577 e. The number of fused-ring (bicyclic) bond motifs is 5. The van der Waals surface area contributed by atoms with E-state index in [-0.39, 0.29) is 23.5 Å². The minimum absolute atomic E-state index is 0.205. The number of nitrogens with zero attached hydrogens (tertiary/aromatic N) is 1. The first-order valence-electron chi connectivity index (χ1n) is 13.4. The first-order valence-corrected chi connectivity index (χ1v) is 13.4. The van der Waals surface area contributed by atoms with Crippen LogP contribution in [0.5, 0.6) is 0 Å². The zero-order valence-corrected chi connectivity index (χ0v) is 20.6. The lowest BCUT2D eigenvalue weighted by Gasteiger charge is -2.55. The molecule has 3 nitrogen and oxygen atoms in total. The Bertz CT molecular complexity index is 707. The molecule has 1 aliphatic heterocycles. The molecule has 3 heteroatoms. The lowest BCUT2D eigenvalue weighted by Crippen LogP contribution is -2.53. The Kier molecular flexibility index (Phi) is 5.67. The molecule has 4 aliphatic carbocycles. The highest BCUT2D eigenvalue weighted by atomic mass is 16.3. The summed E-state index contributed by atoms with van der Waals surface area (Å²) in [5.74, 6) is 4.49. The van der Waals surface area contributed by atoms with E-state index in [1.54, 1.807) is 0 Å². The molecule has 0 aromatic rings. The molecule has 1 saturated heterocycles. The lowest BCUT2D eigenvalue weighted by molar-refractivity contribution is -0.127. The average molecular weight is 430 g/mol. The molecule has 1 heterocycles. The van der Waals surface area contributed by atoms with Crippen molar-refractivity contribution in [3.63, 3.8) is 0 Å². The molecular formula is C28H47NO2. The van der Waals surface area contributed by atoms with E-state index in [4.69, 9.17) is 0 Å². The van der Waals surface area contributed by atoms with Crippen LogP contribution in [0.4, 0.5) is 0 Å². The van der Waals surface area contributed by atoms with Crippen molar-refractivity contribution in [1.29, 1.82) is 0 Å². The van der Waals surface area contributed by atoms with E-state index in [1.807, 2.05) is 0 Å². The minimum Gasteiger partial charge on any atom is -0.393 e. The molecule has 5 aliphatic rings. The van der Waals surface area contributed by atoms with E-state index < -0.39 is 0 Å². The fraction of sp³-hybridized carbons (Fsp3) is 0.929. The zero-order valence-electron chi connectivity index (χ0n) is 20.6. The molecular weight excluding hydrogens is 382 g/mol. The number of piperidine rings is 1. The molecule has 0 unspecified atom stereocenters. The van der Waals surface area contributed by atoms with E-state index in [0.717, 1.165) is 37.6 Å². The van der Waals surface area contributed by atoms with Crippen molar-refractivity contribution >= 4 is 0 Å². The van der Waals surface area contributed by atoms with Crippen molar-refractivity contribution in [2.75, 3.05) is 13.6 Å². The Morgan fingerprint density at radius 2 is 1.77 bits per heavy atom. The summed E-state index contributed by atoms with van der Waals surface area (Å²) in [4.78, 5) is 2.64. The van der Waals surface area contributed by atoms with Gasteiger partial charge in [-0.2, -0.15) is 0 Å². The SMILES string of the molecule is C[C@H]1CC[C@H]([C@@H](C)[C@@H]2C=C[C@H]3[C@@H]4C[C@H](O)[C@H]5C[C@@H](O)CC[C@]5(C)[C@H]4C[C@@]3(C)C2)N(C)C1. The van der Waals surface area contributed by atoms with Gasteiger partial charge >= 0.3 is 0 Å². The summed E-state index contributed by atoms with van der Waals surface area (Å²) in [6.45, 7) is 11.2. The summed E-state index contributed by atoms with van der Waals surface area (Å²) in [7, 11) is 2.35. The highest BCUT2D eigenvalue weighted by molar-refractivity contribution is 5.19. The molecule has 2 N–H and O–H groups in total. The fourth-order valence-electron chi connectivity index (χ4n) is 9.60. The van der Waals surface area contributed by atoms with Crippen LogP contribution in [0.25, 0.3) is 0 Å². The maximum absolute atomic E-state index is 11.1. The van der Waals surface area contributed by atoms with E-state index in [9.17, 15) is 10.2 Å². The summed E-state index contributed by atoms with van der Waals surface area (Å²) in [6, 6.07) is 0.721. The van der Waals surface area contributed by atoms with Crippen LogP contribution in [0.3, 0.4) is 0 Å². The van der Waals surface area contributed by atoms with Gasteiger partial charge in [-0.15, -0.1) is 0 Å². The van der Waals surface area contributed by atoms with Crippen molar-refractivity contribution < 1.29 is 10.2 Å². The van der Waals surface area contributed by atoms with Crippen LogP contribution in [0.2, 0.25) is 0 Å². The molecule has 31 heavy (non-hydrogen) atoms. The third-order valence-corrected chi connectivity index (χ3v) is 11.4. The summed E-state index contributed by atoms with van der Waals surface area (Å²) >= 11 is 0. The van der Waals surface area contributed by atoms with Crippen molar-refractivity contribution in [3.8, 4) is 0 Å². The predicted octanol–water partition coefficient (Wildman–Crippen LogP) is 5.12. The molecule has 0 aromatic heterocycles. The average Bonchev–Trinajstić information content (AvgIpc) is 3.01. The van der Waals surface area contributed by atoms with Crippen LogP contribution < -0.4 is 0 Å². The lowest BCUT2D eigenvalue weighted by atomic mass is 9.51. The van der Waals surface area contributed by atoms with E-state index in [0.29, 0.717) is 35.0 Å². The van der Waals surface area contributed by atoms with Gasteiger partial charge in [0.15, 0.2) is 0 Å². The summed E-state index contributed by atoms with van der Waals surface area (Å²) in [5.41, 5.74) is 0.577. The number of rotatable bonds is 2. The first kappa shape index (κ1) is 22.4. The normalized spacial score (nSPS) is 55.9. The second kappa shape index (κ2) is 7.84. The molecule has 4 fully saturated rings. The van der Waals surface area contributed by atoms with Crippen LogP contribution in [-0.2, 0) is 0 Å². The largest absolute Gasteiger partial charge is 0.393 e. The van der Waals surface area contributed by atoms with Crippen LogP contribution in [0, 0.1) is 52.3 Å². The van der Waals surface area contributed by atoms with Crippen LogP contribution in [-0.4, -0.2) is 47.0 Å². The molecule has 176 valence electrons. The van der Waals surface area contributed by atoms with Gasteiger partial charge in [0.2, 0.25) is 0 Å². The molecule has 0 radical (unpaired) electrons. The van der Waals surface area contributed by atoms with Crippen LogP contribution >= 0.6 is 0 Å². The van der Waals surface area contributed by atoms with Gasteiger partial charge in [-0.05, 0) is 111 Å². The smallest absolute Gasteiger partial charge is 0.0577 e. The topological polar surface area (TPSA) is 43.7 Å². The van der Waals surface area contributed by atoms with Crippen LogP contribution in [0.15, 0.2) is 12.2 Å². The summed E-state index contributed by atoms with van der Waals surface area (Å²) < 4.78 is 0. The molecule has 0 bridgehead atoms. The Hall–Kier alpha value is -0.380. The van der Waals surface area contributed by atoms with Gasteiger partial charge < -0.3 is 15.1 Å². The van der Waals surface area contributed by atoms with Crippen molar-refractivity contribution in [2.45, 2.75) is 97.3 Å². The summed E-state index contributed by atoms with van der Waals surface area (Å²) in [6.07, 6.45) is 13.9. The van der Waals surface area contributed by atoms with E-state index in [1.165, 1.54) is 32.2 Å². The predicted molar refractivity (Wildman–Crippen MR) is 126 cm³/mol. The van der Waals surface area contributed by atoms with Gasteiger partial charge in [-0.1, -0.05) is 39.8 Å². The highest BCUT2D eigenvalue weighted by Gasteiger charge is 2.62. The Morgan fingerprint density at radius 3 is 2.52 bits per heavy atom. The monoisotopic (exact) mass is 429 g/mol. The van der Waals surface area contributed by atoms with Gasteiger partial charge in [0, 0.05) is 12.6 Å². The van der Waals surface area contributed by atoms with Gasteiger partial charge in [0.1, 0.15) is 0 Å². The van der Waals surface area contributed by atoms with Gasteiger partial charge in [0.25, 0.3) is 0 Å². The highest BCUT2D eigenvalue weighted by Crippen LogP contribution is 2.68. The second-order valence-corrected chi connectivity index (χ2v) is 13.3. The maximum atomic E-state index is 11.1. The third kappa shape index (κ3) is 3.56. The Labute approximate surface area is 190 Å². The molecule has 0 aromatic carbocycles. The van der Waals surface area contributed by atoms with Crippen molar-refractivity contribution in [1.82, 2.24) is 4.90 Å². The van der Waals surface area contributed by atoms with Crippen molar-refractivity contribution in [3.05, 3.63) is 12.2 Å². The van der Waals surface area contributed by atoms with Crippen LogP contribution in [0.1, 0.15) is 79.1 Å². The molecule has 0 spiro atoms. The quantitative estimate of drug-likeness (QED) is 0.599. The molecule has 5 rings (SSSR count).